The molecule has 0 unspecified atom stereocenters. The average molecular weight is 619 g/mol. The predicted molar refractivity (Wildman–Crippen MR) is 168 cm³/mol. The molecule has 0 aliphatic rings. The van der Waals surface area contributed by atoms with Crippen LogP contribution in [0.4, 0.5) is 5.69 Å². The molecule has 3 aromatic carbocycles. The van der Waals surface area contributed by atoms with E-state index < -0.39 is 16.1 Å². The van der Waals surface area contributed by atoms with E-state index in [-0.39, 0.29) is 22.9 Å². The predicted octanol–water partition coefficient (Wildman–Crippen LogP) is 4.72. The second kappa shape index (κ2) is 13.0. The highest BCUT2D eigenvalue weighted by Gasteiger charge is 2.21. The van der Waals surface area contributed by atoms with Gasteiger partial charge in [-0.1, -0.05) is 30.3 Å². The number of aliphatic hydroxyl groups is 1. The fourth-order valence-corrected chi connectivity index (χ4v) is 6.19. The Balaban J connectivity index is 1.15. The number of nitrogens with zero attached hydrogens (tertiary/aromatic N) is 3. The second-order valence-electron chi connectivity index (χ2n) is 10.9. The highest BCUT2D eigenvalue weighted by atomic mass is 32.2. The van der Waals surface area contributed by atoms with Crippen LogP contribution in [0.5, 0.6) is 0 Å². The van der Waals surface area contributed by atoms with Crippen molar-refractivity contribution in [2.24, 2.45) is 0 Å². The minimum Gasteiger partial charge on any atom is -0.387 e. The average Bonchev–Trinajstić information content (AvgIpc) is 3.68. The number of carbonyl (C=O) groups is 1. The van der Waals surface area contributed by atoms with Crippen molar-refractivity contribution in [2.75, 3.05) is 11.3 Å². The number of benzene rings is 3. The molecule has 4 N–H and O–H groups in total. The molecule has 5 rings (SSSR count). The fraction of sp³-hybridized carbons (Fsp3) is 0.258. The van der Waals surface area contributed by atoms with E-state index in [1.807, 2.05) is 6.07 Å². The molecule has 0 fully saturated rings. The number of hydrogen-bond acceptors (Lipinski definition) is 8. The molecular formula is C31H34N6O4S2. The lowest BCUT2D eigenvalue weighted by atomic mass is 9.99. The van der Waals surface area contributed by atoms with Crippen LogP contribution >= 0.6 is 11.3 Å². The van der Waals surface area contributed by atoms with Gasteiger partial charge in [0.1, 0.15) is 0 Å². The Morgan fingerprint density at radius 2 is 1.88 bits per heavy atom. The molecule has 12 heteroatoms. The first kappa shape index (κ1) is 30.4. The summed E-state index contributed by atoms with van der Waals surface area (Å²) in [6, 6.07) is 20.4. The number of thiazole rings is 1. The van der Waals surface area contributed by atoms with Crippen molar-refractivity contribution in [3.63, 3.8) is 0 Å². The third-order valence-electron chi connectivity index (χ3n) is 7.12. The Morgan fingerprint density at radius 1 is 1.07 bits per heavy atom. The van der Waals surface area contributed by atoms with Crippen LogP contribution in [0.1, 0.15) is 47.2 Å². The molecule has 1 amide bonds. The maximum Gasteiger partial charge on any atom is 0.261 e. The third kappa shape index (κ3) is 7.85. The standard InChI is InChI=1S/C31H34N6O4S2/c1-31(2,35-19-29(38)22-7-6-8-24(15-22)36-43(40,41)26-9-4-3-5-10-26)13-14-37-20-34-27-16-23(11-12-28(27)37)30(39)33-18-25-17-32-21-42-25/h3-12,15-17,20-21,29,35-36,38H,13-14,18-19H2,1-2H3,(H,33,39)/t29-/m0/s1. The van der Waals surface area contributed by atoms with Crippen molar-refractivity contribution in [2.45, 2.75) is 49.9 Å². The molecule has 0 radical (unpaired) electrons. The molecule has 224 valence electrons. The first-order chi connectivity index (χ1) is 20.6. The third-order valence-corrected chi connectivity index (χ3v) is 9.30. The lowest BCUT2D eigenvalue weighted by Crippen LogP contribution is -2.42. The molecule has 2 aromatic heterocycles. The van der Waals surface area contributed by atoms with Crippen LogP contribution < -0.4 is 15.4 Å². The molecule has 43 heavy (non-hydrogen) atoms. The molecule has 10 nitrogen and oxygen atoms in total. The zero-order chi connectivity index (χ0) is 30.5. The minimum absolute atomic E-state index is 0.159. The summed E-state index contributed by atoms with van der Waals surface area (Å²) < 4.78 is 30.0. The number of anilines is 1. The van der Waals surface area contributed by atoms with E-state index in [4.69, 9.17) is 0 Å². The van der Waals surface area contributed by atoms with Gasteiger partial charge in [0.25, 0.3) is 15.9 Å². The van der Waals surface area contributed by atoms with E-state index in [0.29, 0.717) is 29.9 Å². The van der Waals surface area contributed by atoms with E-state index >= 15 is 0 Å². The summed E-state index contributed by atoms with van der Waals surface area (Å²) in [5.41, 5.74) is 4.63. The van der Waals surface area contributed by atoms with Gasteiger partial charge in [0.15, 0.2) is 0 Å². The molecule has 5 aromatic rings. The molecule has 1 atom stereocenters. The van der Waals surface area contributed by atoms with Crippen LogP contribution in [0, 0.1) is 0 Å². The minimum atomic E-state index is -3.73. The number of sulfonamides is 1. The van der Waals surface area contributed by atoms with Crippen molar-refractivity contribution in [3.8, 4) is 0 Å². The van der Waals surface area contributed by atoms with Crippen molar-refractivity contribution in [1.29, 1.82) is 0 Å². The maximum absolute atomic E-state index is 12.7. The van der Waals surface area contributed by atoms with Crippen LogP contribution in [-0.2, 0) is 23.1 Å². The fourth-order valence-electron chi connectivity index (χ4n) is 4.58. The molecule has 0 aliphatic heterocycles. The number of rotatable bonds is 13. The lowest BCUT2D eigenvalue weighted by Gasteiger charge is -2.28. The van der Waals surface area contributed by atoms with Gasteiger partial charge in [0.05, 0.1) is 40.4 Å². The summed E-state index contributed by atoms with van der Waals surface area (Å²) in [7, 11) is -3.73. The molecule has 0 spiro atoms. The van der Waals surface area contributed by atoms with Gasteiger partial charge in [-0.15, -0.1) is 11.3 Å². The molecule has 0 saturated carbocycles. The van der Waals surface area contributed by atoms with E-state index in [0.717, 1.165) is 22.3 Å². The van der Waals surface area contributed by atoms with Crippen molar-refractivity contribution in [1.82, 2.24) is 25.2 Å². The molecule has 0 aliphatic carbocycles. The van der Waals surface area contributed by atoms with E-state index in [9.17, 15) is 18.3 Å². The van der Waals surface area contributed by atoms with E-state index in [2.05, 4.69) is 43.7 Å². The zero-order valence-electron chi connectivity index (χ0n) is 23.9. The first-order valence-electron chi connectivity index (χ1n) is 13.8. The van der Waals surface area contributed by atoms with Gasteiger partial charge in [-0.05, 0) is 68.3 Å². The summed E-state index contributed by atoms with van der Waals surface area (Å²) >= 11 is 1.50. The highest BCUT2D eigenvalue weighted by Crippen LogP contribution is 2.22. The van der Waals surface area contributed by atoms with E-state index in [1.54, 1.807) is 72.6 Å². The summed E-state index contributed by atoms with van der Waals surface area (Å²) in [6.07, 6.45) is 3.43. The Kier molecular flexibility index (Phi) is 9.21. The SMILES string of the molecule is CC(C)(CCn1cnc2cc(C(=O)NCc3cncs3)ccc21)NC[C@H](O)c1cccc(NS(=O)(=O)c2ccccc2)c1. The van der Waals surface area contributed by atoms with Gasteiger partial charge < -0.3 is 20.3 Å². The van der Waals surface area contributed by atoms with Crippen molar-refractivity contribution < 1.29 is 18.3 Å². The van der Waals surface area contributed by atoms with Gasteiger partial charge in [0, 0.05) is 41.0 Å². The first-order valence-corrected chi connectivity index (χ1v) is 16.2. The van der Waals surface area contributed by atoms with Crippen LogP contribution in [0.3, 0.4) is 0 Å². The summed E-state index contributed by atoms with van der Waals surface area (Å²) in [5.74, 6) is -0.159. The Bertz CT molecular complexity index is 1790. The smallest absolute Gasteiger partial charge is 0.261 e. The van der Waals surface area contributed by atoms with Crippen LogP contribution in [0.2, 0.25) is 0 Å². The Hall–Kier alpha value is -4.10. The van der Waals surface area contributed by atoms with Gasteiger partial charge in [-0.2, -0.15) is 0 Å². The van der Waals surface area contributed by atoms with Crippen LogP contribution in [0.25, 0.3) is 11.0 Å². The normalized spacial score (nSPS) is 12.7. The van der Waals surface area contributed by atoms with E-state index in [1.165, 1.54) is 23.5 Å². The Labute approximate surface area is 254 Å². The topological polar surface area (TPSA) is 138 Å². The number of aliphatic hydroxyl groups excluding tert-OH is 1. The van der Waals surface area contributed by atoms with Crippen LogP contribution in [0.15, 0.2) is 95.7 Å². The monoisotopic (exact) mass is 618 g/mol. The number of imidazole rings is 1. The number of β-amino-alcohol motifs (C(OH)–C–C–N with tert-alkyl or cyclic N) is 1. The molecular weight excluding hydrogens is 585 g/mol. The Morgan fingerprint density at radius 3 is 2.65 bits per heavy atom. The van der Waals surface area contributed by atoms with Gasteiger partial charge in [-0.3, -0.25) is 14.5 Å². The number of nitrogens with one attached hydrogen (secondary N) is 3. The van der Waals surface area contributed by atoms with Crippen molar-refractivity contribution in [3.05, 3.63) is 107 Å². The number of amides is 1. The number of hydrogen-bond donors (Lipinski definition) is 4. The summed E-state index contributed by atoms with van der Waals surface area (Å²) in [5, 5.41) is 17.2. The number of aryl methyl sites for hydroxylation is 1. The lowest BCUT2D eigenvalue weighted by molar-refractivity contribution is 0.0951. The maximum atomic E-state index is 12.7. The van der Waals surface area contributed by atoms with Gasteiger partial charge in [-0.25, -0.2) is 13.4 Å². The summed E-state index contributed by atoms with van der Waals surface area (Å²) in [6.45, 7) is 5.53. The molecule has 0 saturated heterocycles. The zero-order valence-corrected chi connectivity index (χ0v) is 25.5. The number of fused-ring (bicyclic) bond motifs is 1. The summed E-state index contributed by atoms with van der Waals surface area (Å²) in [4.78, 5) is 22.3. The second-order valence-corrected chi connectivity index (χ2v) is 13.5. The van der Waals surface area contributed by atoms with Gasteiger partial charge >= 0.3 is 0 Å². The highest BCUT2D eigenvalue weighted by molar-refractivity contribution is 7.92. The van der Waals surface area contributed by atoms with Crippen LogP contribution in [-0.4, -0.2) is 46.1 Å². The van der Waals surface area contributed by atoms with Gasteiger partial charge in [0.2, 0.25) is 0 Å². The van der Waals surface area contributed by atoms with Crippen molar-refractivity contribution >= 4 is 44.0 Å². The quantitative estimate of drug-likeness (QED) is 0.150. The largest absolute Gasteiger partial charge is 0.387 e. The molecule has 0 bridgehead atoms. The number of carbonyl (C=O) groups excluding carboxylic acids is 1. The molecule has 2 heterocycles. The number of aromatic nitrogens is 3.